The average Bonchev–Trinajstić information content (AvgIpc) is 3.26. The van der Waals surface area contributed by atoms with Crippen LogP contribution in [0.5, 0.6) is 0 Å². The van der Waals surface area contributed by atoms with Crippen molar-refractivity contribution >= 4 is 23.7 Å². The first-order valence-electron chi connectivity index (χ1n) is 10.9. The van der Waals surface area contributed by atoms with E-state index in [1.807, 2.05) is 32.3 Å². The van der Waals surface area contributed by atoms with Gasteiger partial charge in [-0.05, 0) is 53.6 Å². The van der Waals surface area contributed by atoms with Crippen LogP contribution in [0.15, 0.2) is 4.99 Å². The zero-order valence-electron chi connectivity index (χ0n) is 18.7. The summed E-state index contributed by atoms with van der Waals surface area (Å²) < 4.78 is 3.75. The van der Waals surface area contributed by atoms with Crippen LogP contribution in [0.3, 0.4) is 0 Å². The van der Waals surface area contributed by atoms with Gasteiger partial charge in [-0.3, -0.25) is 14.6 Å². The number of aromatic nitrogens is 2. The summed E-state index contributed by atoms with van der Waals surface area (Å²) >= 11 is 0. The van der Waals surface area contributed by atoms with Crippen LogP contribution in [-0.2, 0) is 4.79 Å². The fourth-order valence-electron chi connectivity index (χ4n) is 4.54. The van der Waals surface area contributed by atoms with Gasteiger partial charge in [0.15, 0.2) is 0 Å². The van der Waals surface area contributed by atoms with Crippen molar-refractivity contribution in [1.82, 2.24) is 24.5 Å². The number of carbonyl (C=O) groups excluding carboxylic acids is 2. The predicted octanol–water partition coefficient (Wildman–Crippen LogP) is 1.21. The Morgan fingerprint density at radius 1 is 1.07 bits per heavy atom. The van der Waals surface area contributed by atoms with Crippen molar-refractivity contribution in [3.8, 4) is 0 Å². The van der Waals surface area contributed by atoms with E-state index in [2.05, 4.69) is 10.00 Å². The first kappa shape index (κ1) is 20.7. The summed E-state index contributed by atoms with van der Waals surface area (Å²) in [5.41, 5.74) is 3.03. The molecule has 2 saturated heterocycles. The lowest BCUT2D eigenvalue weighted by Gasteiger charge is -2.35. The van der Waals surface area contributed by atoms with Crippen molar-refractivity contribution in [2.75, 3.05) is 39.8 Å². The number of imide groups is 1. The summed E-state index contributed by atoms with van der Waals surface area (Å²) in [6, 6.07) is -0.882. The molecule has 2 fully saturated rings. The van der Waals surface area contributed by atoms with Crippen LogP contribution in [-0.4, -0.2) is 98.6 Å². The fourth-order valence-corrected chi connectivity index (χ4v) is 4.54. The van der Waals surface area contributed by atoms with Crippen LogP contribution in [0.25, 0.3) is 0 Å². The number of fused-ring (bicyclic) bond motifs is 1. The Labute approximate surface area is 177 Å². The minimum absolute atomic E-state index is 0.191. The largest absolute Gasteiger partial charge is 0.421 e. The number of likely N-dealkylation sites (tertiary alicyclic amines) is 1. The van der Waals surface area contributed by atoms with Crippen molar-refractivity contribution in [2.24, 2.45) is 4.99 Å². The van der Waals surface area contributed by atoms with E-state index >= 15 is 0 Å². The van der Waals surface area contributed by atoms with Gasteiger partial charge in [0.2, 0.25) is 11.9 Å². The molecule has 0 aromatic carbocycles. The monoisotopic (exact) mass is 414 g/mol. The molecule has 1 aromatic heterocycles. The van der Waals surface area contributed by atoms with E-state index in [1.165, 1.54) is 29.1 Å². The molecule has 4 heterocycles. The summed E-state index contributed by atoms with van der Waals surface area (Å²) in [6.07, 6.45) is 3.63. The number of urea groups is 1. The molecular weight excluding hydrogens is 382 g/mol. The fraction of sp³-hybridized carbons (Fsp3) is 0.667. The molecule has 9 heteroatoms. The van der Waals surface area contributed by atoms with Gasteiger partial charge in [-0.2, -0.15) is 0 Å². The Morgan fingerprint density at radius 2 is 1.77 bits per heavy atom. The van der Waals surface area contributed by atoms with Gasteiger partial charge >= 0.3 is 12.0 Å². The molecular formula is C21H32N7O2+. The standard InChI is InChI=1S/C21H32N7O2/c1-6-26-17-18(22-20(26)28-16(4)14(2)15(3)23-28)24(5)21(30)27(19(17)29)13-12-25-10-8-7-9-11-25/h17H,6-13H2,1-5H3/q+1. The lowest BCUT2D eigenvalue weighted by atomic mass is 10.1. The average molecular weight is 415 g/mol. The molecule has 3 aliphatic heterocycles. The van der Waals surface area contributed by atoms with Gasteiger partial charge in [0.1, 0.15) is 5.69 Å². The molecule has 0 bridgehead atoms. The molecule has 9 nitrogen and oxygen atoms in total. The second-order valence-electron chi connectivity index (χ2n) is 8.40. The molecule has 0 spiro atoms. The Hall–Kier alpha value is -2.55. The number of hydrogen-bond acceptors (Lipinski definition) is 5. The molecule has 0 radical (unpaired) electrons. The lowest BCUT2D eigenvalue weighted by molar-refractivity contribution is -0.534. The van der Waals surface area contributed by atoms with E-state index in [9.17, 15) is 9.59 Å². The number of piperidine rings is 1. The maximum atomic E-state index is 13.4. The van der Waals surface area contributed by atoms with Crippen molar-refractivity contribution in [3.05, 3.63) is 17.0 Å². The molecule has 0 aliphatic carbocycles. The first-order valence-corrected chi connectivity index (χ1v) is 10.9. The minimum atomic E-state index is -0.585. The molecule has 3 amide bonds. The van der Waals surface area contributed by atoms with Crippen LogP contribution in [0.4, 0.5) is 4.79 Å². The summed E-state index contributed by atoms with van der Waals surface area (Å²) in [5, 5.41) is 4.63. The number of carbonyl (C=O) groups is 2. The van der Waals surface area contributed by atoms with Gasteiger partial charge in [0.05, 0.1) is 12.2 Å². The quantitative estimate of drug-likeness (QED) is 0.694. The van der Waals surface area contributed by atoms with Crippen LogP contribution in [0.1, 0.15) is 43.1 Å². The van der Waals surface area contributed by atoms with E-state index in [0.29, 0.717) is 24.9 Å². The second kappa shape index (κ2) is 7.94. The molecule has 162 valence electrons. The molecule has 1 aromatic rings. The number of aliphatic imine (C=N–C) groups is 1. The predicted molar refractivity (Wildman–Crippen MR) is 114 cm³/mol. The Morgan fingerprint density at radius 3 is 2.37 bits per heavy atom. The molecule has 30 heavy (non-hydrogen) atoms. The number of hydrogen-bond donors (Lipinski definition) is 0. The zero-order chi connectivity index (χ0) is 21.6. The lowest BCUT2D eigenvalue weighted by Crippen LogP contribution is -2.63. The molecule has 1 unspecified atom stereocenters. The number of amides is 3. The third-order valence-electron chi connectivity index (χ3n) is 6.66. The Kier molecular flexibility index (Phi) is 5.48. The van der Waals surface area contributed by atoms with E-state index in [4.69, 9.17) is 4.99 Å². The van der Waals surface area contributed by atoms with E-state index < -0.39 is 6.04 Å². The van der Waals surface area contributed by atoms with Gasteiger partial charge < -0.3 is 4.90 Å². The SMILES string of the molecule is CC[N+]1=C(n2nc(C)c(C)c2C)N=C2C1C(=O)N(CCN1CCCCC1)C(=O)N2C. The van der Waals surface area contributed by atoms with Gasteiger partial charge in [-0.15, -0.1) is 9.78 Å². The maximum Gasteiger partial charge on any atom is 0.421 e. The molecule has 0 N–H and O–H groups in total. The Bertz CT molecular complexity index is 939. The van der Waals surface area contributed by atoms with Gasteiger partial charge in [-0.1, -0.05) is 11.4 Å². The van der Waals surface area contributed by atoms with Crippen molar-refractivity contribution in [2.45, 2.75) is 53.0 Å². The zero-order valence-corrected chi connectivity index (χ0v) is 18.7. The number of nitrogens with zero attached hydrogens (tertiary/aromatic N) is 7. The van der Waals surface area contributed by atoms with Crippen LogP contribution < -0.4 is 0 Å². The van der Waals surface area contributed by atoms with Crippen molar-refractivity contribution in [1.29, 1.82) is 0 Å². The summed E-state index contributed by atoms with van der Waals surface area (Å²) in [5.74, 6) is 0.905. The molecule has 3 aliphatic rings. The normalized spacial score (nSPS) is 22.8. The summed E-state index contributed by atoms with van der Waals surface area (Å²) in [4.78, 5) is 36.4. The molecule has 0 saturated carbocycles. The highest BCUT2D eigenvalue weighted by atomic mass is 16.2. The summed E-state index contributed by atoms with van der Waals surface area (Å²) in [7, 11) is 1.71. The third kappa shape index (κ3) is 3.25. The van der Waals surface area contributed by atoms with Crippen LogP contribution >= 0.6 is 0 Å². The van der Waals surface area contributed by atoms with Crippen LogP contribution in [0.2, 0.25) is 0 Å². The third-order valence-corrected chi connectivity index (χ3v) is 6.66. The van der Waals surface area contributed by atoms with Gasteiger partial charge in [-0.25, -0.2) is 9.37 Å². The topological polar surface area (TPSA) is 77.0 Å². The van der Waals surface area contributed by atoms with Crippen LogP contribution in [0, 0.1) is 20.8 Å². The van der Waals surface area contributed by atoms with E-state index in [-0.39, 0.29) is 11.9 Å². The first-order chi connectivity index (χ1) is 14.3. The number of rotatable bonds is 4. The van der Waals surface area contributed by atoms with Crippen molar-refractivity contribution < 1.29 is 14.2 Å². The van der Waals surface area contributed by atoms with Gasteiger partial charge in [0, 0.05) is 25.7 Å². The molecule has 1 atom stereocenters. The molecule has 4 rings (SSSR count). The Balaban J connectivity index is 1.64. The smallest absolute Gasteiger partial charge is 0.302 e. The van der Waals surface area contributed by atoms with E-state index in [0.717, 1.165) is 36.6 Å². The highest BCUT2D eigenvalue weighted by Crippen LogP contribution is 2.22. The van der Waals surface area contributed by atoms with E-state index in [1.54, 1.807) is 11.7 Å². The maximum absolute atomic E-state index is 13.4. The highest BCUT2D eigenvalue weighted by Gasteiger charge is 2.52. The number of amidine groups is 1. The van der Waals surface area contributed by atoms with Gasteiger partial charge in [0.25, 0.3) is 5.91 Å². The minimum Gasteiger partial charge on any atom is -0.302 e. The highest BCUT2D eigenvalue weighted by molar-refractivity contribution is 6.23. The van der Waals surface area contributed by atoms with Crippen molar-refractivity contribution in [3.63, 3.8) is 0 Å². The number of likely N-dealkylation sites (N-methyl/N-ethyl adjacent to an activating group) is 2. The second-order valence-corrected chi connectivity index (χ2v) is 8.40. The summed E-state index contributed by atoms with van der Waals surface area (Å²) in [6.45, 7) is 11.8. The number of aryl methyl sites for hydroxylation is 1.